The first kappa shape index (κ1) is 13.8. The third kappa shape index (κ3) is 2.05. The van der Waals surface area contributed by atoms with Crippen molar-refractivity contribution in [2.24, 2.45) is 0 Å². The second kappa shape index (κ2) is 5.12. The summed E-state index contributed by atoms with van der Waals surface area (Å²) >= 11 is 12.1. The summed E-state index contributed by atoms with van der Waals surface area (Å²) in [7, 11) is 0. The fourth-order valence-electron chi connectivity index (χ4n) is 3.26. The van der Waals surface area contributed by atoms with Gasteiger partial charge in [0.2, 0.25) is 0 Å². The Kier molecular flexibility index (Phi) is 3.21. The minimum Gasteiger partial charge on any atom is -0.289 e. The minimum atomic E-state index is -0.0581. The van der Waals surface area contributed by atoms with Gasteiger partial charge in [-0.2, -0.15) is 0 Å². The molecule has 3 aromatic rings. The van der Waals surface area contributed by atoms with Gasteiger partial charge in [-0.3, -0.25) is 4.79 Å². The highest BCUT2D eigenvalue weighted by Crippen LogP contribution is 2.34. The zero-order valence-corrected chi connectivity index (χ0v) is 13.2. The molecule has 4 rings (SSSR count). The summed E-state index contributed by atoms with van der Waals surface area (Å²) in [6.07, 6.45) is 2.10. The van der Waals surface area contributed by atoms with Crippen molar-refractivity contribution in [2.75, 3.05) is 0 Å². The van der Waals surface area contributed by atoms with Crippen molar-refractivity contribution in [2.45, 2.75) is 12.8 Å². The molecule has 0 fully saturated rings. The van der Waals surface area contributed by atoms with Gasteiger partial charge in [0.15, 0.2) is 5.78 Å². The van der Waals surface area contributed by atoms with Gasteiger partial charge in [0, 0.05) is 16.1 Å². The predicted octanol–water partition coefficient (Wildman–Crippen LogP) is 5.48. The van der Waals surface area contributed by atoms with Crippen LogP contribution in [0.4, 0.5) is 0 Å². The van der Waals surface area contributed by atoms with E-state index in [1.807, 2.05) is 18.2 Å². The smallest absolute Gasteiger partial charge is 0.195 e. The quantitative estimate of drug-likeness (QED) is 0.570. The Morgan fingerprint density at radius 2 is 1.59 bits per heavy atom. The summed E-state index contributed by atoms with van der Waals surface area (Å²) in [6, 6.07) is 15.2. The number of carbonyl (C=O) groups excluding carboxylic acids is 1. The van der Waals surface area contributed by atoms with Crippen LogP contribution in [0.1, 0.15) is 27.0 Å². The molecule has 1 nitrogen and oxygen atoms in total. The average molecular weight is 327 g/mol. The van der Waals surface area contributed by atoms with Crippen LogP contribution in [0.3, 0.4) is 0 Å². The molecule has 22 heavy (non-hydrogen) atoms. The molecule has 0 saturated carbocycles. The molecule has 0 radical (unpaired) electrons. The van der Waals surface area contributed by atoms with Gasteiger partial charge in [0.05, 0.1) is 5.02 Å². The standard InChI is InChI=1S/C19H12Cl2O/c20-13-7-9-16(17(21)10-13)19(22)15-8-6-12-5-4-11-2-1-3-14(15)18(11)12/h1-3,6-10H,4-5H2. The lowest BCUT2D eigenvalue weighted by molar-refractivity contribution is 0.104. The summed E-state index contributed by atoms with van der Waals surface area (Å²) in [4.78, 5) is 12.9. The molecule has 0 heterocycles. The van der Waals surface area contributed by atoms with Crippen molar-refractivity contribution in [3.63, 3.8) is 0 Å². The summed E-state index contributed by atoms with van der Waals surface area (Å²) in [6.45, 7) is 0. The Hall–Kier alpha value is -1.83. The van der Waals surface area contributed by atoms with Gasteiger partial charge in [-0.1, -0.05) is 53.5 Å². The fraction of sp³-hybridized carbons (Fsp3) is 0.105. The van der Waals surface area contributed by atoms with Crippen LogP contribution in [0, 0.1) is 0 Å². The number of hydrogen-bond acceptors (Lipinski definition) is 1. The van der Waals surface area contributed by atoms with Gasteiger partial charge in [-0.25, -0.2) is 0 Å². The van der Waals surface area contributed by atoms with Crippen molar-refractivity contribution >= 4 is 39.8 Å². The van der Waals surface area contributed by atoms with Crippen LogP contribution in [-0.4, -0.2) is 5.78 Å². The highest BCUT2D eigenvalue weighted by Gasteiger charge is 2.20. The lowest BCUT2D eigenvalue weighted by atomic mass is 9.94. The predicted molar refractivity (Wildman–Crippen MR) is 91.3 cm³/mol. The Bertz CT molecular complexity index is 918. The number of carbonyl (C=O) groups is 1. The molecule has 0 saturated heterocycles. The van der Waals surface area contributed by atoms with E-state index in [0.717, 1.165) is 18.2 Å². The molecule has 108 valence electrons. The summed E-state index contributed by atoms with van der Waals surface area (Å²) in [5, 5.41) is 3.17. The first-order valence-corrected chi connectivity index (χ1v) is 7.94. The zero-order valence-electron chi connectivity index (χ0n) is 11.7. The molecule has 1 aliphatic carbocycles. The largest absolute Gasteiger partial charge is 0.289 e. The van der Waals surface area contributed by atoms with Gasteiger partial charge in [0.25, 0.3) is 0 Å². The Morgan fingerprint density at radius 3 is 2.36 bits per heavy atom. The molecular weight excluding hydrogens is 315 g/mol. The van der Waals surface area contributed by atoms with E-state index in [-0.39, 0.29) is 5.78 Å². The van der Waals surface area contributed by atoms with E-state index >= 15 is 0 Å². The normalized spacial score (nSPS) is 12.8. The molecule has 0 N–H and O–H groups in total. The Balaban J connectivity index is 1.93. The van der Waals surface area contributed by atoms with Crippen LogP contribution in [-0.2, 0) is 12.8 Å². The van der Waals surface area contributed by atoms with E-state index in [1.54, 1.807) is 18.2 Å². The van der Waals surface area contributed by atoms with Crippen LogP contribution in [0.15, 0.2) is 48.5 Å². The number of ketones is 1. The summed E-state index contributed by atoms with van der Waals surface area (Å²) in [5.41, 5.74) is 3.84. The van der Waals surface area contributed by atoms with E-state index in [1.165, 1.54) is 16.5 Å². The Morgan fingerprint density at radius 1 is 0.864 bits per heavy atom. The molecule has 0 bridgehead atoms. The molecule has 0 unspecified atom stereocenters. The SMILES string of the molecule is O=C(c1ccc(Cl)cc1Cl)c1ccc2c3c(cccc13)CC2. The third-order valence-corrected chi connectivity index (χ3v) is 4.85. The van der Waals surface area contributed by atoms with Crippen molar-refractivity contribution < 1.29 is 4.79 Å². The molecule has 0 spiro atoms. The molecule has 0 atom stereocenters. The number of halogens is 2. The zero-order chi connectivity index (χ0) is 15.3. The maximum atomic E-state index is 12.9. The molecule has 3 aromatic carbocycles. The third-order valence-electron chi connectivity index (χ3n) is 4.30. The number of aryl methyl sites for hydroxylation is 2. The lowest BCUT2D eigenvalue weighted by Gasteiger charge is -2.09. The van der Waals surface area contributed by atoms with E-state index in [0.29, 0.717) is 21.2 Å². The topological polar surface area (TPSA) is 17.1 Å². The van der Waals surface area contributed by atoms with Gasteiger partial charge in [-0.05, 0) is 52.9 Å². The number of hydrogen-bond donors (Lipinski definition) is 0. The van der Waals surface area contributed by atoms with Gasteiger partial charge >= 0.3 is 0 Å². The van der Waals surface area contributed by atoms with Crippen LogP contribution >= 0.6 is 23.2 Å². The molecule has 1 aliphatic rings. The van der Waals surface area contributed by atoms with Crippen LogP contribution < -0.4 is 0 Å². The maximum Gasteiger partial charge on any atom is 0.195 e. The molecule has 0 aromatic heterocycles. The van der Waals surface area contributed by atoms with Gasteiger partial charge < -0.3 is 0 Å². The highest BCUT2D eigenvalue weighted by atomic mass is 35.5. The molecular formula is C19H12Cl2O. The van der Waals surface area contributed by atoms with Crippen molar-refractivity contribution in [3.05, 3.63) is 80.8 Å². The first-order chi connectivity index (χ1) is 10.6. The second-order valence-electron chi connectivity index (χ2n) is 5.57. The monoisotopic (exact) mass is 326 g/mol. The van der Waals surface area contributed by atoms with Crippen LogP contribution in [0.5, 0.6) is 0 Å². The van der Waals surface area contributed by atoms with Gasteiger partial charge in [0.1, 0.15) is 0 Å². The van der Waals surface area contributed by atoms with Gasteiger partial charge in [-0.15, -0.1) is 0 Å². The van der Waals surface area contributed by atoms with Crippen LogP contribution in [0.25, 0.3) is 10.8 Å². The van der Waals surface area contributed by atoms with E-state index < -0.39 is 0 Å². The van der Waals surface area contributed by atoms with E-state index in [2.05, 4.69) is 12.1 Å². The number of benzene rings is 3. The average Bonchev–Trinajstić information content (AvgIpc) is 2.92. The Labute approximate surface area is 138 Å². The van der Waals surface area contributed by atoms with Crippen molar-refractivity contribution in [1.82, 2.24) is 0 Å². The summed E-state index contributed by atoms with van der Waals surface area (Å²) in [5.74, 6) is -0.0581. The molecule has 0 amide bonds. The lowest BCUT2D eigenvalue weighted by Crippen LogP contribution is -2.03. The van der Waals surface area contributed by atoms with Crippen molar-refractivity contribution in [3.8, 4) is 0 Å². The van der Waals surface area contributed by atoms with E-state index in [9.17, 15) is 4.79 Å². The molecule has 3 heteroatoms. The number of rotatable bonds is 2. The second-order valence-corrected chi connectivity index (χ2v) is 6.41. The first-order valence-electron chi connectivity index (χ1n) is 7.18. The van der Waals surface area contributed by atoms with Crippen LogP contribution in [0.2, 0.25) is 10.0 Å². The van der Waals surface area contributed by atoms with Crippen molar-refractivity contribution in [1.29, 1.82) is 0 Å². The summed E-state index contributed by atoms with van der Waals surface area (Å²) < 4.78 is 0. The maximum absolute atomic E-state index is 12.9. The van der Waals surface area contributed by atoms with E-state index in [4.69, 9.17) is 23.2 Å². The minimum absolute atomic E-state index is 0.0581. The fourth-order valence-corrected chi connectivity index (χ4v) is 3.76. The molecule has 0 aliphatic heterocycles. The highest BCUT2D eigenvalue weighted by molar-refractivity contribution is 6.38.